The fourth-order valence-electron chi connectivity index (χ4n) is 8.61. The van der Waals surface area contributed by atoms with Crippen molar-refractivity contribution in [2.75, 3.05) is 6.61 Å². The van der Waals surface area contributed by atoms with E-state index in [1.54, 1.807) is 0 Å². The van der Waals surface area contributed by atoms with Crippen molar-refractivity contribution in [3.8, 4) is 0 Å². The molecule has 352 valence electrons. The van der Waals surface area contributed by atoms with Crippen LogP contribution < -0.4 is 5.32 Å². The molecule has 0 aromatic rings. The van der Waals surface area contributed by atoms with Gasteiger partial charge in [0, 0.05) is 6.42 Å². The molecule has 0 heterocycles. The Kier molecular flexibility index (Phi) is 47.0. The van der Waals surface area contributed by atoms with Crippen molar-refractivity contribution >= 4 is 11.9 Å². The first-order valence-corrected chi connectivity index (χ1v) is 26.8. The highest BCUT2D eigenvalue weighted by Crippen LogP contribution is 2.19. The molecule has 6 heteroatoms. The zero-order valence-corrected chi connectivity index (χ0v) is 40.2. The summed E-state index contributed by atoms with van der Waals surface area (Å²) in [7, 11) is 0. The molecular weight excluding hydrogens is 731 g/mol. The molecule has 0 spiro atoms. The summed E-state index contributed by atoms with van der Waals surface area (Å²) in [5, 5.41) is 23.8. The molecule has 1 amide bonds. The number of nitrogens with one attached hydrogen (secondary N) is 1. The van der Waals surface area contributed by atoms with Crippen LogP contribution in [-0.4, -0.2) is 46.9 Å². The van der Waals surface area contributed by atoms with Gasteiger partial charge in [-0.05, 0) is 25.7 Å². The fourth-order valence-corrected chi connectivity index (χ4v) is 8.61. The maximum atomic E-state index is 13.2. The van der Waals surface area contributed by atoms with Gasteiger partial charge in [-0.1, -0.05) is 265 Å². The van der Waals surface area contributed by atoms with E-state index in [9.17, 15) is 19.8 Å². The maximum Gasteiger partial charge on any atom is 0.306 e. The van der Waals surface area contributed by atoms with Crippen LogP contribution in [0.15, 0.2) is 0 Å². The van der Waals surface area contributed by atoms with Crippen molar-refractivity contribution in [1.82, 2.24) is 5.32 Å². The predicted octanol–water partition coefficient (Wildman–Crippen LogP) is 16.0. The van der Waals surface area contributed by atoms with Crippen LogP contribution in [0.4, 0.5) is 0 Å². The van der Waals surface area contributed by atoms with Gasteiger partial charge in [-0.3, -0.25) is 9.59 Å². The van der Waals surface area contributed by atoms with Gasteiger partial charge in [0.1, 0.15) is 6.10 Å². The topological polar surface area (TPSA) is 95.9 Å². The Hall–Kier alpha value is -1.14. The van der Waals surface area contributed by atoms with Gasteiger partial charge in [0.05, 0.1) is 25.2 Å². The zero-order valence-electron chi connectivity index (χ0n) is 40.2. The highest BCUT2D eigenvalue weighted by Gasteiger charge is 2.24. The lowest BCUT2D eigenvalue weighted by Crippen LogP contribution is -2.46. The standard InChI is InChI=1S/C53H105NO5/c1-4-7-10-13-16-19-22-25-28-31-34-37-40-43-46-53(58)59-49(44-41-38-35-32-29-26-23-20-17-14-11-8-5-2)47-52(57)54-50(48-55)51(56)45-42-39-36-33-30-27-24-21-18-15-12-9-6-3/h49-51,55-56H,4-48H2,1-3H3,(H,54,57). The van der Waals surface area contributed by atoms with Crippen molar-refractivity contribution in [1.29, 1.82) is 0 Å². The van der Waals surface area contributed by atoms with Crippen molar-refractivity contribution in [2.45, 2.75) is 322 Å². The summed E-state index contributed by atoms with van der Waals surface area (Å²) in [4.78, 5) is 26.1. The van der Waals surface area contributed by atoms with Gasteiger partial charge in [0.2, 0.25) is 5.91 Å². The summed E-state index contributed by atoms with van der Waals surface area (Å²) < 4.78 is 5.95. The van der Waals surface area contributed by atoms with E-state index >= 15 is 0 Å². The van der Waals surface area contributed by atoms with Gasteiger partial charge < -0.3 is 20.3 Å². The molecule has 0 aliphatic rings. The van der Waals surface area contributed by atoms with Crippen molar-refractivity contribution < 1.29 is 24.5 Å². The first-order chi connectivity index (χ1) is 29.0. The van der Waals surface area contributed by atoms with E-state index in [4.69, 9.17) is 4.74 Å². The summed E-state index contributed by atoms with van der Waals surface area (Å²) in [5.41, 5.74) is 0. The fraction of sp³-hybridized carbons (Fsp3) is 0.962. The molecule has 59 heavy (non-hydrogen) atoms. The van der Waals surface area contributed by atoms with Crippen LogP contribution >= 0.6 is 0 Å². The lowest BCUT2D eigenvalue weighted by atomic mass is 10.0. The number of aliphatic hydroxyl groups is 2. The van der Waals surface area contributed by atoms with E-state index < -0.39 is 18.2 Å². The van der Waals surface area contributed by atoms with Crippen LogP contribution in [0.25, 0.3) is 0 Å². The minimum Gasteiger partial charge on any atom is -0.462 e. The lowest BCUT2D eigenvalue weighted by Gasteiger charge is -2.24. The molecule has 0 saturated carbocycles. The van der Waals surface area contributed by atoms with Crippen molar-refractivity contribution in [3.05, 3.63) is 0 Å². The largest absolute Gasteiger partial charge is 0.462 e. The zero-order chi connectivity index (χ0) is 43.1. The number of carbonyl (C=O) groups is 2. The van der Waals surface area contributed by atoms with E-state index in [1.165, 1.54) is 218 Å². The molecule has 3 unspecified atom stereocenters. The molecule has 3 N–H and O–H groups in total. The number of ether oxygens (including phenoxy) is 1. The second-order valence-corrected chi connectivity index (χ2v) is 18.6. The summed E-state index contributed by atoms with van der Waals surface area (Å²) in [6, 6.07) is -0.692. The molecule has 6 nitrogen and oxygen atoms in total. The lowest BCUT2D eigenvalue weighted by molar-refractivity contribution is -0.151. The van der Waals surface area contributed by atoms with Crippen LogP contribution in [0.5, 0.6) is 0 Å². The van der Waals surface area contributed by atoms with Crippen molar-refractivity contribution in [3.63, 3.8) is 0 Å². The number of hydrogen-bond donors (Lipinski definition) is 3. The molecular formula is C53H105NO5. The maximum absolute atomic E-state index is 13.2. The van der Waals surface area contributed by atoms with Gasteiger partial charge in [0.15, 0.2) is 0 Å². The number of amides is 1. The first-order valence-electron chi connectivity index (χ1n) is 26.8. The molecule has 0 rings (SSSR count). The van der Waals surface area contributed by atoms with Crippen LogP contribution in [0.2, 0.25) is 0 Å². The average Bonchev–Trinajstić information content (AvgIpc) is 3.23. The molecule has 0 saturated heterocycles. The highest BCUT2D eigenvalue weighted by atomic mass is 16.5. The Labute approximate surface area is 368 Å². The monoisotopic (exact) mass is 836 g/mol. The van der Waals surface area contributed by atoms with Gasteiger partial charge in [-0.25, -0.2) is 0 Å². The predicted molar refractivity (Wildman–Crippen MR) is 255 cm³/mol. The third-order valence-electron chi connectivity index (χ3n) is 12.7. The SMILES string of the molecule is CCCCCCCCCCCCCCCCC(=O)OC(CCCCCCCCCCCCCCC)CC(=O)NC(CO)C(O)CCCCCCCCCCCCCCC. The Morgan fingerprint density at radius 1 is 0.424 bits per heavy atom. The van der Waals surface area contributed by atoms with Gasteiger partial charge >= 0.3 is 5.97 Å². The van der Waals surface area contributed by atoms with Crippen LogP contribution in [0.1, 0.15) is 303 Å². The number of unbranched alkanes of at least 4 members (excludes halogenated alkanes) is 37. The minimum absolute atomic E-state index is 0.0880. The third kappa shape index (κ3) is 43.3. The molecule has 3 atom stereocenters. The molecule has 0 aromatic heterocycles. The quantitative estimate of drug-likeness (QED) is 0.0419. The number of hydrogen-bond acceptors (Lipinski definition) is 5. The van der Waals surface area contributed by atoms with E-state index in [1.807, 2.05) is 0 Å². The Bertz CT molecular complexity index is 852. The summed E-state index contributed by atoms with van der Waals surface area (Å²) in [6.07, 6.45) is 51.6. The molecule has 0 aliphatic carbocycles. The van der Waals surface area contributed by atoms with E-state index in [-0.39, 0.29) is 24.9 Å². The summed E-state index contributed by atoms with van der Waals surface area (Å²) in [6.45, 7) is 6.52. The van der Waals surface area contributed by atoms with Gasteiger partial charge in [0.25, 0.3) is 0 Å². The number of rotatable bonds is 49. The smallest absolute Gasteiger partial charge is 0.306 e. The van der Waals surface area contributed by atoms with E-state index in [0.29, 0.717) is 19.3 Å². The van der Waals surface area contributed by atoms with Gasteiger partial charge in [-0.15, -0.1) is 0 Å². The molecule has 0 fully saturated rings. The van der Waals surface area contributed by atoms with E-state index in [0.717, 1.165) is 38.5 Å². The Balaban J connectivity index is 4.50. The average molecular weight is 836 g/mol. The Morgan fingerprint density at radius 3 is 1.03 bits per heavy atom. The number of aliphatic hydroxyl groups excluding tert-OH is 2. The molecule has 0 radical (unpaired) electrons. The first kappa shape index (κ1) is 57.9. The highest BCUT2D eigenvalue weighted by molar-refractivity contribution is 5.77. The Morgan fingerprint density at radius 2 is 0.712 bits per heavy atom. The minimum atomic E-state index is -0.779. The number of esters is 1. The summed E-state index contributed by atoms with van der Waals surface area (Å²) >= 11 is 0. The third-order valence-corrected chi connectivity index (χ3v) is 12.7. The second-order valence-electron chi connectivity index (χ2n) is 18.6. The van der Waals surface area contributed by atoms with Crippen molar-refractivity contribution in [2.24, 2.45) is 0 Å². The summed E-state index contributed by atoms with van der Waals surface area (Å²) in [5.74, 6) is -0.449. The molecule has 0 aliphatic heterocycles. The molecule has 0 bridgehead atoms. The number of carbonyl (C=O) groups excluding carboxylic acids is 2. The second kappa shape index (κ2) is 47.9. The van der Waals surface area contributed by atoms with Gasteiger partial charge in [-0.2, -0.15) is 0 Å². The normalized spacial score (nSPS) is 13.1. The van der Waals surface area contributed by atoms with E-state index in [2.05, 4.69) is 26.1 Å². The van der Waals surface area contributed by atoms with Crippen LogP contribution in [0.3, 0.4) is 0 Å². The molecule has 0 aromatic carbocycles. The van der Waals surface area contributed by atoms with Crippen LogP contribution in [0, 0.1) is 0 Å². The van der Waals surface area contributed by atoms with Crippen LogP contribution in [-0.2, 0) is 14.3 Å².